The Morgan fingerprint density at radius 3 is 1.07 bits per heavy atom. The van der Waals surface area contributed by atoms with Gasteiger partial charge in [0.2, 0.25) is 0 Å². The van der Waals surface area contributed by atoms with Gasteiger partial charge in [-0.05, 0) is 55.5 Å². The van der Waals surface area contributed by atoms with Crippen LogP contribution in [0.1, 0.15) is 5.56 Å². The van der Waals surface area contributed by atoms with E-state index in [1.807, 2.05) is 32.3 Å². The van der Waals surface area contributed by atoms with Crippen molar-refractivity contribution in [3.63, 3.8) is 0 Å². The molecule has 4 rings (SSSR count). The van der Waals surface area contributed by atoms with Crippen molar-refractivity contribution in [3.8, 4) is 0 Å². The molecule has 2 nitrogen and oxygen atoms in total. The Kier molecular flexibility index (Phi) is 7.07. The summed E-state index contributed by atoms with van der Waals surface area (Å²) < 4.78 is 0. The summed E-state index contributed by atoms with van der Waals surface area (Å²) in [5.41, 5.74) is 6.07. The molecule has 0 bridgehead atoms. The van der Waals surface area contributed by atoms with Crippen LogP contribution < -0.4 is 9.80 Å². The minimum absolute atomic E-state index is 1.17. The number of hydrogen-bond donors (Lipinski definition) is 0. The average molecular weight is 381 g/mol. The Balaban J connectivity index is 0.000000204. The molecular formula is C27H28N2. The highest BCUT2D eigenvalue weighted by molar-refractivity contribution is 5.76. The van der Waals surface area contributed by atoms with Crippen LogP contribution in [0.15, 0.2) is 115 Å². The van der Waals surface area contributed by atoms with E-state index in [4.69, 9.17) is 0 Å². The second-order valence-electron chi connectivity index (χ2n) is 7.07. The highest BCUT2D eigenvalue weighted by Gasteiger charge is 2.10. The molecule has 4 aromatic rings. The first-order valence-corrected chi connectivity index (χ1v) is 9.84. The van der Waals surface area contributed by atoms with Gasteiger partial charge in [-0.1, -0.05) is 72.3 Å². The van der Waals surface area contributed by atoms with E-state index in [0.29, 0.717) is 0 Å². The molecule has 0 saturated carbocycles. The van der Waals surface area contributed by atoms with Crippen molar-refractivity contribution in [1.82, 2.24) is 0 Å². The summed E-state index contributed by atoms with van der Waals surface area (Å²) in [4.78, 5) is 4.35. The zero-order valence-corrected chi connectivity index (χ0v) is 17.4. The molecule has 2 heteroatoms. The number of para-hydroxylation sites is 3. The summed E-state index contributed by atoms with van der Waals surface area (Å²) in [6.07, 6.45) is 0. The number of hydrogen-bond acceptors (Lipinski definition) is 2. The van der Waals surface area contributed by atoms with E-state index >= 15 is 0 Å². The number of benzene rings is 4. The van der Waals surface area contributed by atoms with Crippen LogP contribution >= 0.6 is 0 Å². The fraction of sp³-hybridized carbons (Fsp3) is 0.111. The van der Waals surface area contributed by atoms with Crippen LogP contribution in [0.25, 0.3) is 0 Å². The lowest BCUT2D eigenvalue weighted by Crippen LogP contribution is -2.09. The van der Waals surface area contributed by atoms with Gasteiger partial charge in [0.05, 0.1) is 0 Å². The molecule has 0 radical (unpaired) electrons. The first kappa shape index (κ1) is 20.2. The van der Waals surface area contributed by atoms with Crippen molar-refractivity contribution in [3.05, 3.63) is 121 Å². The maximum absolute atomic E-state index is 2.25. The third-order valence-electron chi connectivity index (χ3n) is 4.59. The number of anilines is 4. The topological polar surface area (TPSA) is 6.48 Å². The average Bonchev–Trinajstić information content (AvgIpc) is 2.77. The first-order valence-electron chi connectivity index (χ1n) is 9.84. The van der Waals surface area contributed by atoms with Gasteiger partial charge in [0, 0.05) is 36.8 Å². The molecule has 0 atom stereocenters. The van der Waals surface area contributed by atoms with E-state index in [-0.39, 0.29) is 0 Å². The monoisotopic (exact) mass is 380 g/mol. The Morgan fingerprint density at radius 1 is 0.414 bits per heavy atom. The molecule has 0 aliphatic carbocycles. The molecule has 0 amide bonds. The van der Waals surface area contributed by atoms with E-state index in [0.717, 1.165) is 0 Å². The van der Waals surface area contributed by atoms with Gasteiger partial charge in [0.15, 0.2) is 0 Å². The molecule has 0 spiro atoms. The number of aryl methyl sites for hydroxylation is 1. The molecule has 0 fully saturated rings. The quantitative estimate of drug-likeness (QED) is 0.369. The fourth-order valence-electron chi connectivity index (χ4n) is 3.02. The summed E-state index contributed by atoms with van der Waals surface area (Å²) in [7, 11) is 4.09. The van der Waals surface area contributed by atoms with Crippen molar-refractivity contribution < 1.29 is 0 Å². The van der Waals surface area contributed by atoms with Crippen LogP contribution in [0, 0.1) is 6.92 Å². The second-order valence-corrected chi connectivity index (χ2v) is 7.07. The normalized spacial score (nSPS) is 9.90. The maximum Gasteiger partial charge on any atom is 0.0461 e. The third kappa shape index (κ3) is 5.73. The van der Waals surface area contributed by atoms with Crippen LogP contribution in [0.2, 0.25) is 0 Å². The Bertz CT molecular complexity index is 869. The van der Waals surface area contributed by atoms with Gasteiger partial charge in [-0.3, -0.25) is 0 Å². The lowest BCUT2D eigenvalue weighted by atomic mass is 10.2. The van der Waals surface area contributed by atoms with E-state index in [1.54, 1.807) is 0 Å². The molecule has 0 aromatic heterocycles. The molecule has 29 heavy (non-hydrogen) atoms. The fourth-order valence-corrected chi connectivity index (χ4v) is 3.02. The van der Waals surface area contributed by atoms with Crippen LogP contribution in [0.5, 0.6) is 0 Å². The SMILES string of the molecule is Cc1ccc(N(C)C)cc1.c1ccc(N(c2ccccc2)c2ccccc2)cc1. The van der Waals surface area contributed by atoms with Gasteiger partial charge >= 0.3 is 0 Å². The van der Waals surface area contributed by atoms with Crippen molar-refractivity contribution in [1.29, 1.82) is 0 Å². The largest absolute Gasteiger partial charge is 0.378 e. The van der Waals surface area contributed by atoms with Crippen LogP contribution in [-0.2, 0) is 0 Å². The summed E-state index contributed by atoms with van der Waals surface area (Å²) in [5, 5.41) is 0. The zero-order valence-electron chi connectivity index (χ0n) is 17.4. The van der Waals surface area contributed by atoms with Crippen molar-refractivity contribution >= 4 is 22.7 Å². The van der Waals surface area contributed by atoms with Gasteiger partial charge in [0.25, 0.3) is 0 Å². The molecule has 0 heterocycles. The van der Waals surface area contributed by atoms with Crippen molar-refractivity contribution in [2.45, 2.75) is 6.92 Å². The predicted octanol–water partition coefficient (Wildman–Crippen LogP) is 7.22. The lowest BCUT2D eigenvalue weighted by Gasteiger charge is -2.25. The zero-order chi connectivity index (χ0) is 20.5. The Morgan fingerprint density at radius 2 is 0.759 bits per heavy atom. The highest BCUT2D eigenvalue weighted by Crippen LogP contribution is 2.33. The van der Waals surface area contributed by atoms with Gasteiger partial charge < -0.3 is 9.80 Å². The minimum Gasteiger partial charge on any atom is -0.378 e. The number of rotatable bonds is 4. The van der Waals surface area contributed by atoms with Crippen molar-refractivity contribution in [2.24, 2.45) is 0 Å². The molecule has 4 aromatic carbocycles. The highest BCUT2D eigenvalue weighted by atomic mass is 15.1. The predicted molar refractivity (Wildman–Crippen MR) is 127 cm³/mol. The third-order valence-corrected chi connectivity index (χ3v) is 4.59. The molecule has 0 aliphatic rings. The van der Waals surface area contributed by atoms with E-state index in [1.165, 1.54) is 28.3 Å². The van der Waals surface area contributed by atoms with Crippen LogP contribution in [0.3, 0.4) is 0 Å². The summed E-state index contributed by atoms with van der Waals surface area (Å²) in [5.74, 6) is 0. The van der Waals surface area contributed by atoms with Crippen molar-refractivity contribution in [2.75, 3.05) is 23.9 Å². The first-order chi connectivity index (χ1) is 14.1. The number of nitrogens with zero attached hydrogens (tertiary/aromatic N) is 2. The van der Waals surface area contributed by atoms with Gasteiger partial charge in [-0.2, -0.15) is 0 Å². The minimum atomic E-state index is 1.17. The molecule has 0 N–H and O–H groups in total. The Hall–Kier alpha value is -3.52. The van der Waals surface area contributed by atoms with Gasteiger partial charge in [-0.15, -0.1) is 0 Å². The summed E-state index contributed by atoms with van der Waals surface area (Å²) >= 11 is 0. The van der Waals surface area contributed by atoms with E-state index < -0.39 is 0 Å². The molecule has 0 unspecified atom stereocenters. The molecule has 146 valence electrons. The standard InChI is InChI=1S/C18H15N.C9H13N/c1-4-10-16(11-5-1)19(17-12-6-2-7-13-17)18-14-8-3-9-15-18;1-8-4-6-9(7-5-8)10(2)3/h1-15H;4-7H,1-3H3. The smallest absolute Gasteiger partial charge is 0.0461 e. The van der Waals surface area contributed by atoms with E-state index in [9.17, 15) is 0 Å². The van der Waals surface area contributed by atoms with Crippen LogP contribution in [-0.4, -0.2) is 14.1 Å². The summed E-state index contributed by atoms with van der Waals surface area (Å²) in [6.45, 7) is 2.10. The van der Waals surface area contributed by atoms with Gasteiger partial charge in [-0.25, -0.2) is 0 Å². The van der Waals surface area contributed by atoms with Gasteiger partial charge in [0.1, 0.15) is 0 Å². The lowest BCUT2D eigenvalue weighted by molar-refractivity contribution is 1.13. The maximum atomic E-state index is 2.25. The van der Waals surface area contributed by atoms with E-state index in [2.05, 4.69) is 114 Å². The molecular weight excluding hydrogens is 352 g/mol. The molecule has 0 saturated heterocycles. The Labute approximate surface area is 174 Å². The van der Waals surface area contributed by atoms with Crippen LogP contribution in [0.4, 0.5) is 22.7 Å². The second kappa shape index (κ2) is 10.1. The summed E-state index contributed by atoms with van der Waals surface area (Å²) in [6, 6.07) is 39.7. The molecule has 0 aliphatic heterocycles.